The maximum atomic E-state index is 11.2. The lowest BCUT2D eigenvalue weighted by Gasteiger charge is -2.04. The van der Waals surface area contributed by atoms with Crippen molar-refractivity contribution in [1.82, 2.24) is 14.7 Å². The molecule has 0 aliphatic carbocycles. The van der Waals surface area contributed by atoms with Crippen LogP contribution in [0.1, 0.15) is 0 Å². The molecule has 0 atom stereocenters. The van der Waals surface area contributed by atoms with Crippen molar-refractivity contribution in [3.8, 4) is 0 Å². The Bertz CT molecular complexity index is 492. The quantitative estimate of drug-likeness (QED) is 0.607. The molecule has 0 N–H and O–H groups in total. The average Bonchev–Trinajstić information content (AvgIpc) is 2.18. The molecule has 0 aliphatic rings. The Labute approximate surface area is 73.6 Å². The Balaban J connectivity index is 2.92. The molecule has 0 spiro atoms. The van der Waals surface area contributed by atoms with Gasteiger partial charge in [-0.2, -0.15) is 0 Å². The van der Waals surface area contributed by atoms with Gasteiger partial charge in [0.2, 0.25) is 0 Å². The van der Waals surface area contributed by atoms with Gasteiger partial charge in [0.05, 0.1) is 6.20 Å². The van der Waals surface area contributed by atoms with Gasteiger partial charge >= 0.3 is 5.56 Å². The SMILES string of the molecule is COn1c(=O)cnc2cccnc21. The molecule has 2 aromatic rings. The summed E-state index contributed by atoms with van der Waals surface area (Å²) in [6.07, 6.45) is 2.78. The molecule has 0 aromatic carbocycles. The zero-order chi connectivity index (χ0) is 9.26. The number of rotatable bonds is 1. The van der Waals surface area contributed by atoms with Gasteiger partial charge in [-0.25, -0.2) is 9.97 Å². The number of nitrogens with zero attached hydrogens (tertiary/aromatic N) is 3. The van der Waals surface area contributed by atoms with E-state index in [1.54, 1.807) is 18.3 Å². The molecule has 0 unspecified atom stereocenters. The van der Waals surface area contributed by atoms with Gasteiger partial charge in [0, 0.05) is 6.20 Å². The first kappa shape index (κ1) is 7.72. The van der Waals surface area contributed by atoms with Crippen LogP contribution in [0.4, 0.5) is 0 Å². The molecule has 0 radical (unpaired) electrons. The van der Waals surface area contributed by atoms with Gasteiger partial charge in [-0.1, -0.05) is 0 Å². The second-order valence-electron chi connectivity index (χ2n) is 2.42. The number of hydrogen-bond donors (Lipinski definition) is 0. The Morgan fingerprint density at radius 1 is 1.46 bits per heavy atom. The van der Waals surface area contributed by atoms with Crippen LogP contribution in [0, 0.1) is 0 Å². The lowest BCUT2D eigenvalue weighted by molar-refractivity contribution is 0.167. The van der Waals surface area contributed by atoms with Gasteiger partial charge in [0.25, 0.3) is 0 Å². The van der Waals surface area contributed by atoms with Gasteiger partial charge in [-0.15, -0.1) is 4.73 Å². The number of pyridine rings is 1. The summed E-state index contributed by atoms with van der Waals surface area (Å²) in [5, 5.41) is 0. The van der Waals surface area contributed by atoms with E-state index < -0.39 is 0 Å². The first-order chi connectivity index (χ1) is 6.33. The molecule has 0 fully saturated rings. The third-order valence-electron chi connectivity index (χ3n) is 1.66. The number of fused-ring (bicyclic) bond motifs is 1. The maximum absolute atomic E-state index is 11.2. The topological polar surface area (TPSA) is 57.0 Å². The van der Waals surface area contributed by atoms with Crippen molar-refractivity contribution in [2.75, 3.05) is 7.11 Å². The van der Waals surface area contributed by atoms with Crippen LogP contribution in [0.25, 0.3) is 11.2 Å². The minimum Gasteiger partial charge on any atom is -0.412 e. The fourth-order valence-electron chi connectivity index (χ4n) is 1.10. The zero-order valence-corrected chi connectivity index (χ0v) is 6.97. The van der Waals surface area contributed by atoms with E-state index in [2.05, 4.69) is 9.97 Å². The van der Waals surface area contributed by atoms with Crippen LogP contribution in [-0.4, -0.2) is 21.8 Å². The van der Waals surface area contributed by atoms with Crippen molar-refractivity contribution < 1.29 is 4.84 Å². The predicted octanol–water partition coefficient (Wildman–Crippen LogP) is -0.150. The van der Waals surface area contributed by atoms with E-state index in [1.807, 2.05) is 0 Å². The standard InChI is InChI=1S/C8H7N3O2/c1-13-11-7(12)5-10-6-3-2-4-9-8(6)11/h2-5H,1H3. The van der Waals surface area contributed by atoms with E-state index in [0.717, 1.165) is 4.73 Å². The van der Waals surface area contributed by atoms with Crippen LogP contribution in [0.15, 0.2) is 29.3 Å². The second-order valence-corrected chi connectivity index (χ2v) is 2.42. The molecule has 2 aromatic heterocycles. The van der Waals surface area contributed by atoms with Gasteiger partial charge < -0.3 is 4.84 Å². The molecule has 66 valence electrons. The van der Waals surface area contributed by atoms with E-state index in [1.165, 1.54) is 13.3 Å². The Kier molecular flexibility index (Phi) is 1.70. The molecule has 0 aliphatic heterocycles. The van der Waals surface area contributed by atoms with Crippen LogP contribution in [-0.2, 0) is 0 Å². The summed E-state index contributed by atoms with van der Waals surface area (Å²) in [6, 6.07) is 3.51. The van der Waals surface area contributed by atoms with Crippen LogP contribution >= 0.6 is 0 Å². The molecule has 0 amide bonds. The summed E-state index contributed by atoms with van der Waals surface area (Å²) in [4.78, 5) is 24.0. The molecule has 5 heteroatoms. The third-order valence-corrected chi connectivity index (χ3v) is 1.66. The minimum atomic E-state index is -0.325. The molecule has 2 heterocycles. The van der Waals surface area contributed by atoms with Crippen molar-refractivity contribution in [2.45, 2.75) is 0 Å². The fraction of sp³-hybridized carbons (Fsp3) is 0.125. The number of aromatic nitrogens is 3. The molecule has 0 bridgehead atoms. The smallest absolute Gasteiger partial charge is 0.303 e. The lowest BCUT2D eigenvalue weighted by atomic mass is 10.4. The monoisotopic (exact) mass is 177 g/mol. The highest BCUT2D eigenvalue weighted by atomic mass is 16.6. The maximum Gasteiger partial charge on any atom is 0.303 e. The predicted molar refractivity (Wildman–Crippen MR) is 46.3 cm³/mol. The molecular formula is C8H7N3O2. The third kappa shape index (κ3) is 1.14. The van der Waals surface area contributed by atoms with Crippen LogP contribution in [0.3, 0.4) is 0 Å². The van der Waals surface area contributed by atoms with Crippen molar-refractivity contribution in [3.63, 3.8) is 0 Å². The van der Waals surface area contributed by atoms with Gasteiger partial charge in [-0.3, -0.25) is 4.79 Å². The van der Waals surface area contributed by atoms with Crippen molar-refractivity contribution in [1.29, 1.82) is 0 Å². The summed E-state index contributed by atoms with van der Waals surface area (Å²) < 4.78 is 1.10. The van der Waals surface area contributed by atoms with Gasteiger partial charge in [0.1, 0.15) is 12.6 Å². The lowest BCUT2D eigenvalue weighted by Crippen LogP contribution is -2.25. The van der Waals surface area contributed by atoms with E-state index in [9.17, 15) is 4.79 Å². The highest BCUT2D eigenvalue weighted by Gasteiger charge is 2.02. The van der Waals surface area contributed by atoms with E-state index in [4.69, 9.17) is 4.84 Å². The highest BCUT2D eigenvalue weighted by molar-refractivity contribution is 5.68. The summed E-state index contributed by atoms with van der Waals surface area (Å²) >= 11 is 0. The van der Waals surface area contributed by atoms with Crippen LogP contribution in [0.5, 0.6) is 0 Å². The van der Waals surface area contributed by atoms with Crippen LogP contribution < -0.4 is 10.4 Å². The highest BCUT2D eigenvalue weighted by Crippen LogP contribution is 2.02. The van der Waals surface area contributed by atoms with Crippen LogP contribution in [0.2, 0.25) is 0 Å². The van der Waals surface area contributed by atoms with Crippen molar-refractivity contribution in [3.05, 3.63) is 34.9 Å². The van der Waals surface area contributed by atoms with Gasteiger partial charge in [0.15, 0.2) is 5.65 Å². The first-order valence-corrected chi connectivity index (χ1v) is 3.70. The molecule has 5 nitrogen and oxygen atoms in total. The van der Waals surface area contributed by atoms with E-state index >= 15 is 0 Å². The van der Waals surface area contributed by atoms with E-state index in [-0.39, 0.29) is 5.56 Å². The zero-order valence-electron chi connectivity index (χ0n) is 6.97. The fourth-order valence-corrected chi connectivity index (χ4v) is 1.10. The van der Waals surface area contributed by atoms with E-state index in [0.29, 0.717) is 11.2 Å². The molecule has 0 saturated carbocycles. The summed E-state index contributed by atoms with van der Waals surface area (Å²) in [7, 11) is 1.41. The normalized spacial score (nSPS) is 10.2. The summed E-state index contributed by atoms with van der Waals surface area (Å²) in [5.41, 5.74) is 0.732. The van der Waals surface area contributed by atoms with Crippen molar-refractivity contribution in [2.24, 2.45) is 0 Å². The van der Waals surface area contributed by atoms with Crippen molar-refractivity contribution >= 4 is 11.2 Å². The summed E-state index contributed by atoms with van der Waals surface area (Å²) in [5.74, 6) is 0. The molecule has 13 heavy (non-hydrogen) atoms. The van der Waals surface area contributed by atoms with Gasteiger partial charge in [-0.05, 0) is 12.1 Å². The second kappa shape index (κ2) is 2.85. The Morgan fingerprint density at radius 2 is 2.31 bits per heavy atom. The Hall–Kier alpha value is -1.91. The molecule has 0 saturated heterocycles. The minimum absolute atomic E-state index is 0.325. The molecule has 2 rings (SSSR count). The molecular weight excluding hydrogens is 170 g/mol. The Morgan fingerprint density at radius 3 is 3.08 bits per heavy atom. The number of hydrogen-bond acceptors (Lipinski definition) is 4. The summed E-state index contributed by atoms with van der Waals surface area (Å²) in [6.45, 7) is 0. The largest absolute Gasteiger partial charge is 0.412 e. The first-order valence-electron chi connectivity index (χ1n) is 3.70. The average molecular weight is 177 g/mol.